The molecule has 1 aromatic rings. The summed E-state index contributed by atoms with van der Waals surface area (Å²) in [6.07, 6.45) is 0.109. The highest BCUT2D eigenvalue weighted by Crippen LogP contribution is 2.40. The van der Waals surface area contributed by atoms with Crippen LogP contribution < -0.4 is 10.9 Å². The Labute approximate surface area is 116 Å². The minimum atomic E-state index is -4.19. The summed E-state index contributed by atoms with van der Waals surface area (Å²) in [5, 5.41) is 0. The first kappa shape index (κ1) is 13.6. The SMILES string of the molecule is FC(F)(F)C1NNC2/C(=C/c3ccccc3)CCCC21. The van der Waals surface area contributed by atoms with Crippen molar-refractivity contribution in [1.82, 2.24) is 10.9 Å². The molecule has 0 bridgehead atoms. The van der Waals surface area contributed by atoms with Gasteiger partial charge in [-0.15, -0.1) is 0 Å². The van der Waals surface area contributed by atoms with Gasteiger partial charge in [-0.05, 0) is 24.8 Å². The van der Waals surface area contributed by atoms with Crippen LogP contribution in [0.25, 0.3) is 6.08 Å². The van der Waals surface area contributed by atoms with E-state index in [1.165, 1.54) is 0 Å². The van der Waals surface area contributed by atoms with E-state index in [1.54, 1.807) is 0 Å². The predicted octanol–water partition coefficient (Wildman–Crippen LogP) is 3.28. The van der Waals surface area contributed by atoms with Crippen molar-refractivity contribution in [3.8, 4) is 0 Å². The summed E-state index contributed by atoms with van der Waals surface area (Å²) < 4.78 is 38.9. The highest BCUT2D eigenvalue weighted by Gasteiger charge is 2.52. The third-order valence-corrected chi connectivity index (χ3v) is 4.16. The first-order valence-electron chi connectivity index (χ1n) is 6.89. The number of alkyl halides is 3. The molecule has 1 saturated carbocycles. The van der Waals surface area contributed by atoms with Gasteiger partial charge >= 0.3 is 6.18 Å². The van der Waals surface area contributed by atoms with Crippen LogP contribution in [0, 0.1) is 5.92 Å². The summed E-state index contributed by atoms with van der Waals surface area (Å²) in [5.74, 6) is -0.404. The highest BCUT2D eigenvalue weighted by molar-refractivity contribution is 5.54. The predicted molar refractivity (Wildman–Crippen MR) is 71.7 cm³/mol. The molecule has 108 valence electrons. The maximum absolute atomic E-state index is 13.0. The maximum atomic E-state index is 13.0. The van der Waals surface area contributed by atoms with Crippen LogP contribution in [0.15, 0.2) is 35.9 Å². The number of hydrazine groups is 1. The molecule has 0 amide bonds. The molecule has 5 heteroatoms. The zero-order valence-corrected chi connectivity index (χ0v) is 11.0. The largest absolute Gasteiger partial charge is 0.405 e. The molecule has 0 radical (unpaired) electrons. The molecule has 1 aliphatic carbocycles. The Morgan fingerprint density at radius 2 is 1.85 bits per heavy atom. The normalized spacial score (nSPS) is 32.4. The van der Waals surface area contributed by atoms with Gasteiger partial charge in [0.15, 0.2) is 0 Å². The molecule has 1 aromatic carbocycles. The molecule has 1 aliphatic heterocycles. The smallest absolute Gasteiger partial charge is 0.250 e. The average Bonchev–Trinajstić information content (AvgIpc) is 2.85. The molecule has 3 unspecified atom stereocenters. The number of hydrogen-bond acceptors (Lipinski definition) is 2. The van der Waals surface area contributed by atoms with E-state index in [-0.39, 0.29) is 6.04 Å². The van der Waals surface area contributed by atoms with Gasteiger partial charge in [0, 0.05) is 12.0 Å². The molecule has 0 aromatic heterocycles. The molecular weight excluding hydrogens is 265 g/mol. The molecule has 2 fully saturated rings. The van der Waals surface area contributed by atoms with Gasteiger partial charge in [-0.3, -0.25) is 0 Å². The zero-order valence-electron chi connectivity index (χ0n) is 11.0. The van der Waals surface area contributed by atoms with Gasteiger partial charge < -0.3 is 0 Å². The van der Waals surface area contributed by atoms with Gasteiger partial charge in [-0.25, -0.2) is 10.9 Å². The van der Waals surface area contributed by atoms with Crippen LogP contribution in [-0.4, -0.2) is 18.3 Å². The van der Waals surface area contributed by atoms with E-state index in [1.807, 2.05) is 36.4 Å². The minimum Gasteiger partial charge on any atom is -0.250 e. The highest BCUT2D eigenvalue weighted by atomic mass is 19.4. The second-order valence-electron chi connectivity index (χ2n) is 5.47. The van der Waals surface area contributed by atoms with Crippen LogP contribution in [0.4, 0.5) is 13.2 Å². The van der Waals surface area contributed by atoms with Crippen molar-refractivity contribution in [3.63, 3.8) is 0 Å². The van der Waals surface area contributed by atoms with E-state index in [0.717, 1.165) is 24.0 Å². The lowest BCUT2D eigenvalue weighted by molar-refractivity contribution is -0.162. The van der Waals surface area contributed by atoms with Crippen molar-refractivity contribution >= 4 is 6.08 Å². The fourth-order valence-electron chi connectivity index (χ4n) is 3.23. The van der Waals surface area contributed by atoms with Crippen LogP contribution in [0.1, 0.15) is 24.8 Å². The lowest BCUT2D eigenvalue weighted by atomic mass is 9.78. The van der Waals surface area contributed by atoms with Crippen molar-refractivity contribution in [3.05, 3.63) is 41.5 Å². The minimum absolute atomic E-state index is 0.212. The lowest BCUT2D eigenvalue weighted by Crippen LogP contribution is -2.43. The summed E-state index contributed by atoms with van der Waals surface area (Å²) in [5.41, 5.74) is 7.39. The van der Waals surface area contributed by atoms with Gasteiger partial charge in [-0.1, -0.05) is 42.0 Å². The van der Waals surface area contributed by atoms with Crippen molar-refractivity contribution < 1.29 is 13.2 Å². The van der Waals surface area contributed by atoms with Crippen LogP contribution in [0.2, 0.25) is 0 Å². The summed E-state index contributed by atoms with van der Waals surface area (Å²) in [4.78, 5) is 0. The number of halogens is 3. The number of fused-ring (bicyclic) bond motifs is 1. The van der Waals surface area contributed by atoms with Crippen LogP contribution in [0.3, 0.4) is 0 Å². The molecule has 1 heterocycles. The number of nitrogens with one attached hydrogen (secondary N) is 2. The molecule has 3 rings (SSSR count). The van der Waals surface area contributed by atoms with E-state index < -0.39 is 18.1 Å². The Morgan fingerprint density at radius 1 is 1.10 bits per heavy atom. The van der Waals surface area contributed by atoms with E-state index in [9.17, 15) is 13.2 Å². The Hall–Kier alpha value is -1.33. The number of rotatable bonds is 1. The third-order valence-electron chi connectivity index (χ3n) is 4.16. The maximum Gasteiger partial charge on any atom is 0.405 e. The summed E-state index contributed by atoms with van der Waals surface area (Å²) >= 11 is 0. The third kappa shape index (κ3) is 2.60. The van der Waals surface area contributed by atoms with Gasteiger partial charge in [0.2, 0.25) is 0 Å². The topological polar surface area (TPSA) is 24.1 Å². The van der Waals surface area contributed by atoms with Crippen molar-refractivity contribution in [2.75, 3.05) is 0 Å². The van der Waals surface area contributed by atoms with Gasteiger partial charge in [-0.2, -0.15) is 13.2 Å². The summed E-state index contributed by atoms with van der Waals surface area (Å²) in [7, 11) is 0. The average molecular weight is 282 g/mol. The second kappa shape index (κ2) is 5.22. The van der Waals surface area contributed by atoms with Crippen molar-refractivity contribution in [2.24, 2.45) is 5.92 Å². The summed E-state index contributed by atoms with van der Waals surface area (Å²) in [6.45, 7) is 0. The second-order valence-corrected chi connectivity index (χ2v) is 5.47. The molecule has 3 atom stereocenters. The number of benzene rings is 1. The van der Waals surface area contributed by atoms with E-state index in [2.05, 4.69) is 10.9 Å². The fourth-order valence-corrected chi connectivity index (χ4v) is 3.23. The van der Waals surface area contributed by atoms with Crippen LogP contribution >= 0.6 is 0 Å². The quantitative estimate of drug-likeness (QED) is 0.826. The Bertz CT molecular complexity index is 496. The zero-order chi connectivity index (χ0) is 14.2. The molecule has 1 saturated heterocycles. The van der Waals surface area contributed by atoms with E-state index in [4.69, 9.17) is 0 Å². The monoisotopic (exact) mass is 282 g/mol. The van der Waals surface area contributed by atoms with Gasteiger partial charge in [0.25, 0.3) is 0 Å². The van der Waals surface area contributed by atoms with E-state index >= 15 is 0 Å². The van der Waals surface area contributed by atoms with Gasteiger partial charge in [0.05, 0.1) is 0 Å². The van der Waals surface area contributed by atoms with Crippen LogP contribution in [0.5, 0.6) is 0 Å². The molecule has 0 spiro atoms. The standard InChI is InChI=1S/C15H17F3N2/c16-15(17,18)14-12-8-4-7-11(13(12)19-20-14)9-10-5-2-1-3-6-10/h1-3,5-6,9,12-14,19-20H,4,7-8H2/b11-9+. The molecular formula is C15H17F3N2. The Kier molecular flexibility index (Phi) is 3.56. The molecule has 2 N–H and O–H groups in total. The van der Waals surface area contributed by atoms with Crippen LogP contribution in [-0.2, 0) is 0 Å². The Morgan fingerprint density at radius 3 is 2.55 bits per heavy atom. The van der Waals surface area contributed by atoms with Crippen molar-refractivity contribution in [2.45, 2.75) is 37.5 Å². The first-order chi connectivity index (χ1) is 9.55. The lowest BCUT2D eigenvalue weighted by Gasteiger charge is -2.30. The first-order valence-corrected chi connectivity index (χ1v) is 6.89. The molecule has 20 heavy (non-hydrogen) atoms. The number of hydrogen-bond donors (Lipinski definition) is 2. The Balaban J connectivity index is 1.84. The fraction of sp³-hybridized carbons (Fsp3) is 0.467. The van der Waals surface area contributed by atoms with Gasteiger partial charge in [0.1, 0.15) is 6.04 Å². The summed E-state index contributed by atoms with van der Waals surface area (Å²) in [6, 6.07) is 8.10. The molecule has 2 nitrogen and oxygen atoms in total. The van der Waals surface area contributed by atoms with E-state index in [0.29, 0.717) is 6.42 Å². The molecule has 2 aliphatic rings. The van der Waals surface area contributed by atoms with Crippen molar-refractivity contribution in [1.29, 1.82) is 0 Å².